The van der Waals surface area contributed by atoms with Crippen molar-refractivity contribution in [2.75, 3.05) is 6.54 Å². The van der Waals surface area contributed by atoms with Crippen LogP contribution in [0.2, 0.25) is 0 Å². The van der Waals surface area contributed by atoms with Crippen molar-refractivity contribution in [1.82, 2.24) is 4.90 Å². The van der Waals surface area contributed by atoms with Crippen LogP contribution in [0.3, 0.4) is 0 Å². The third kappa shape index (κ3) is 3.38. The van der Waals surface area contributed by atoms with Crippen LogP contribution in [0, 0.1) is 6.92 Å². The Hall–Kier alpha value is -1.29. The minimum atomic E-state index is -0.980. The fourth-order valence-electron chi connectivity index (χ4n) is 2.95. The monoisotopic (exact) mass is 265 g/mol. The second kappa shape index (κ2) is 6.24. The molecule has 0 saturated carbocycles. The van der Waals surface area contributed by atoms with E-state index >= 15 is 0 Å². The van der Waals surface area contributed by atoms with E-state index in [9.17, 15) is 4.79 Å². The molecule has 1 aliphatic heterocycles. The fourth-order valence-corrected chi connectivity index (χ4v) is 2.95. The number of nitrogens with zero attached hydrogens (tertiary/aromatic N) is 1. The van der Waals surface area contributed by atoms with Gasteiger partial charge >= 0.3 is 5.97 Å². The number of rotatable bonds is 4. The highest BCUT2D eigenvalue weighted by Gasteiger charge is 2.22. The number of hydrogen-bond donors (Lipinski definition) is 1. The number of carbonyl (C=O) groups is 1. The Kier molecular flexibility index (Phi) is 4.64. The van der Waals surface area contributed by atoms with Crippen LogP contribution in [0.4, 0.5) is 0 Å². The molecule has 4 nitrogen and oxygen atoms in total. The molecule has 2 heterocycles. The van der Waals surface area contributed by atoms with Crippen LogP contribution in [0.5, 0.6) is 0 Å². The lowest BCUT2D eigenvalue weighted by atomic mass is 10.1. The van der Waals surface area contributed by atoms with Crippen molar-refractivity contribution in [3.63, 3.8) is 0 Å². The predicted molar refractivity (Wildman–Crippen MR) is 73.4 cm³/mol. The second-order valence-corrected chi connectivity index (χ2v) is 5.41. The Morgan fingerprint density at radius 1 is 1.47 bits per heavy atom. The van der Waals surface area contributed by atoms with Crippen molar-refractivity contribution < 1.29 is 14.3 Å². The summed E-state index contributed by atoms with van der Waals surface area (Å²) in [6.07, 6.45) is 6.20. The first-order valence-electron chi connectivity index (χ1n) is 7.18. The molecule has 1 aromatic heterocycles. The Balaban J connectivity index is 2.10. The van der Waals surface area contributed by atoms with E-state index in [-0.39, 0.29) is 5.76 Å². The topological polar surface area (TPSA) is 53.7 Å². The average Bonchev–Trinajstić information content (AvgIpc) is 2.59. The Bertz CT molecular complexity index is 439. The van der Waals surface area contributed by atoms with Crippen molar-refractivity contribution in [2.24, 2.45) is 0 Å². The van der Waals surface area contributed by atoms with Gasteiger partial charge in [0.2, 0.25) is 5.76 Å². The zero-order valence-electron chi connectivity index (χ0n) is 11.8. The van der Waals surface area contributed by atoms with Gasteiger partial charge in [-0.25, -0.2) is 4.79 Å². The van der Waals surface area contributed by atoms with Gasteiger partial charge in [0.25, 0.3) is 0 Å². The van der Waals surface area contributed by atoms with Gasteiger partial charge in [-0.3, -0.25) is 4.90 Å². The minimum Gasteiger partial charge on any atom is -0.475 e. The molecule has 4 heteroatoms. The maximum atomic E-state index is 11.0. The van der Waals surface area contributed by atoms with E-state index in [1.165, 1.54) is 25.7 Å². The van der Waals surface area contributed by atoms with E-state index in [0.717, 1.165) is 25.3 Å². The summed E-state index contributed by atoms with van der Waals surface area (Å²) < 4.78 is 5.47. The molecule has 1 unspecified atom stereocenters. The summed E-state index contributed by atoms with van der Waals surface area (Å²) in [7, 11) is 0. The summed E-state index contributed by atoms with van der Waals surface area (Å²) in [5.41, 5.74) is 0.713. The van der Waals surface area contributed by atoms with Gasteiger partial charge in [-0.15, -0.1) is 0 Å². The van der Waals surface area contributed by atoms with Crippen molar-refractivity contribution in [1.29, 1.82) is 0 Å². The molecule has 0 radical (unpaired) electrons. The highest BCUT2D eigenvalue weighted by Crippen LogP contribution is 2.23. The minimum absolute atomic E-state index is 0.0814. The SMILES string of the molecule is CCC1CCCCCN1Cc1cc(C)c(C(=O)O)o1. The molecule has 19 heavy (non-hydrogen) atoms. The first kappa shape index (κ1) is 14.1. The molecule has 106 valence electrons. The second-order valence-electron chi connectivity index (χ2n) is 5.41. The Morgan fingerprint density at radius 3 is 2.89 bits per heavy atom. The first-order chi connectivity index (χ1) is 9.11. The molecule has 0 aromatic carbocycles. The van der Waals surface area contributed by atoms with Crippen molar-refractivity contribution in [2.45, 2.75) is 58.5 Å². The highest BCUT2D eigenvalue weighted by atomic mass is 16.4. The molecule has 0 aliphatic carbocycles. The molecule has 1 saturated heterocycles. The van der Waals surface area contributed by atoms with Gasteiger partial charge in [0.1, 0.15) is 5.76 Å². The first-order valence-corrected chi connectivity index (χ1v) is 7.18. The van der Waals surface area contributed by atoms with Gasteiger partial charge in [0.15, 0.2) is 0 Å². The van der Waals surface area contributed by atoms with Crippen LogP contribution in [-0.2, 0) is 6.54 Å². The molecular weight excluding hydrogens is 242 g/mol. The quantitative estimate of drug-likeness (QED) is 0.906. The molecule has 0 spiro atoms. The van der Waals surface area contributed by atoms with Crippen LogP contribution in [0.15, 0.2) is 10.5 Å². The summed E-state index contributed by atoms with van der Waals surface area (Å²) in [6, 6.07) is 2.46. The summed E-state index contributed by atoms with van der Waals surface area (Å²) in [5.74, 6) is -0.125. The molecule has 1 N–H and O–H groups in total. The van der Waals surface area contributed by atoms with E-state index in [2.05, 4.69) is 11.8 Å². The third-order valence-electron chi connectivity index (χ3n) is 3.99. The molecule has 1 aliphatic rings. The van der Waals surface area contributed by atoms with E-state index in [1.807, 2.05) is 6.07 Å². The molecule has 0 amide bonds. The standard InChI is InChI=1S/C15H23NO3/c1-3-12-7-5-4-6-8-16(12)10-13-9-11(2)14(19-13)15(17)18/h9,12H,3-8,10H2,1-2H3,(H,17,18). The average molecular weight is 265 g/mol. The van der Waals surface area contributed by atoms with Gasteiger partial charge in [0.05, 0.1) is 6.54 Å². The van der Waals surface area contributed by atoms with Gasteiger partial charge < -0.3 is 9.52 Å². The van der Waals surface area contributed by atoms with Crippen LogP contribution in [0.25, 0.3) is 0 Å². The summed E-state index contributed by atoms with van der Waals surface area (Å²) in [5, 5.41) is 9.02. The lowest BCUT2D eigenvalue weighted by Gasteiger charge is -2.28. The Labute approximate surface area is 114 Å². The van der Waals surface area contributed by atoms with E-state index in [0.29, 0.717) is 11.6 Å². The van der Waals surface area contributed by atoms with Crippen LogP contribution in [0.1, 0.15) is 60.9 Å². The van der Waals surface area contributed by atoms with E-state index < -0.39 is 5.97 Å². The number of hydrogen-bond acceptors (Lipinski definition) is 3. The largest absolute Gasteiger partial charge is 0.475 e. The van der Waals surface area contributed by atoms with E-state index in [4.69, 9.17) is 9.52 Å². The van der Waals surface area contributed by atoms with Crippen LogP contribution < -0.4 is 0 Å². The summed E-state index contributed by atoms with van der Waals surface area (Å²) in [4.78, 5) is 13.4. The van der Waals surface area contributed by atoms with Crippen LogP contribution in [-0.4, -0.2) is 28.6 Å². The number of carboxylic acid groups (broad SMARTS) is 1. The molecule has 1 atom stereocenters. The fraction of sp³-hybridized carbons (Fsp3) is 0.667. The lowest BCUT2D eigenvalue weighted by molar-refractivity contribution is 0.0656. The maximum absolute atomic E-state index is 11.0. The number of likely N-dealkylation sites (tertiary alicyclic amines) is 1. The van der Waals surface area contributed by atoms with Crippen LogP contribution >= 0.6 is 0 Å². The van der Waals surface area contributed by atoms with Gasteiger partial charge in [0, 0.05) is 11.6 Å². The smallest absolute Gasteiger partial charge is 0.372 e. The van der Waals surface area contributed by atoms with Crippen molar-refractivity contribution >= 4 is 5.97 Å². The number of furan rings is 1. The highest BCUT2D eigenvalue weighted by molar-refractivity contribution is 5.86. The molecule has 0 bridgehead atoms. The molecule has 1 fully saturated rings. The molecule has 2 rings (SSSR count). The van der Waals surface area contributed by atoms with Gasteiger partial charge in [-0.2, -0.15) is 0 Å². The maximum Gasteiger partial charge on any atom is 0.372 e. The summed E-state index contributed by atoms with van der Waals surface area (Å²) in [6.45, 7) is 5.82. The zero-order valence-corrected chi connectivity index (χ0v) is 11.8. The predicted octanol–water partition coefficient (Wildman–Crippen LogP) is 3.44. The zero-order chi connectivity index (χ0) is 13.8. The van der Waals surface area contributed by atoms with Crippen molar-refractivity contribution in [3.05, 3.63) is 23.2 Å². The third-order valence-corrected chi connectivity index (χ3v) is 3.99. The Morgan fingerprint density at radius 2 is 2.26 bits per heavy atom. The number of carboxylic acids is 1. The number of aromatic carboxylic acids is 1. The van der Waals surface area contributed by atoms with E-state index in [1.54, 1.807) is 6.92 Å². The molecular formula is C15H23NO3. The normalized spacial score (nSPS) is 21.3. The summed E-state index contributed by atoms with van der Waals surface area (Å²) >= 11 is 0. The van der Waals surface area contributed by atoms with Gasteiger partial charge in [-0.1, -0.05) is 19.8 Å². The molecule has 1 aromatic rings. The lowest BCUT2D eigenvalue weighted by Crippen LogP contribution is -2.33. The van der Waals surface area contributed by atoms with Gasteiger partial charge in [-0.05, 0) is 38.8 Å². The van der Waals surface area contributed by atoms with Crippen molar-refractivity contribution in [3.8, 4) is 0 Å². The number of aryl methyl sites for hydroxylation is 1.